The van der Waals surface area contributed by atoms with E-state index < -0.39 is 5.97 Å². The molecule has 2 N–H and O–H groups in total. The summed E-state index contributed by atoms with van der Waals surface area (Å²) in [4.78, 5) is 35.3. The smallest absolute Gasteiger partial charge is 0.346 e. The summed E-state index contributed by atoms with van der Waals surface area (Å²) < 4.78 is 0. The van der Waals surface area contributed by atoms with Gasteiger partial charge >= 0.3 is 5.97 Å². The number of carbonyl (C=O) groups is 2. The summed E-state index contributed by atoms with van der Waals surface area (Å²) in [5.74, 6) is 0.232. The van der Waals surface area contributed by atoms with Crippen LogP contribution in [0.5, 0.6) is 0 Å². The molecular formula is C18H22N4O3S. The molecule has 0 aromatic carbocycles. The Morgan fingerprint density at radius 3 is 2.88 bits per heavy atom. The number of likely N-dealkylation sites (tertiary alicyclic amines) is 1. The third kappa shape index (κ3) is 3.02. The van der Waals surface area contributed by atoms with Crippen LogP contribution < -0.4 is 5.32 Å². The first-order valence-electron chi connectivity index (χ1n) is 9.05. The Bertz CT molecular complexity index is 859. The summed E-state index contributed by atoms with van der Waals surface area (Å²) in [6, 6.07) is 0.426. The van der Waals surface area contributed by atoms with Gasteiger partial charge in [-0.2, -0.15) is 0 Å². The van der Waals surface area contributed by atoms with Crippen LogP contribution in [0.2, 0.25) is 0 Å². The highest BCUT2D eigenvalue weighted by Crippen LogP contribution is 2.34. The van der Waals surface area contributed by atoms with Crippen LogP contribution in [0.15, 0.2) is 6.33 Å². The first-order chi connectivity index (χ1) is 12.5. The van der Waals surface area contributed by atoms with Crippen molar-refractivity contribution in [2.24, 2.45) is 5.92 Å². The number of aryl methyl sites for hydroxylation is 1. The van der Waals surface area contributed by atoms with Gasteiger partial charge in [-0.25, -0.2) is 14.8 Å². The molecule has 8 heteroatoms. The minimum absolute atomic E-state index is 0.256. The molecule has 2 aromatic heterocycles. The summed E-state index contributed by atoms with van der Waals surface area (Å²) in [6.45, 7) is 3.24. The fourth-order valence-electron chi connectivity index (χ4n) is 4.16. The molecule has 0 radical (unpaired) electrons. The number of carboxylic acids is 1. The Morgan fingerprint density at radius 1 is 1.38 bits per heavy atom. The van der Waals surface area contributed by atoms with E-state index >= 15 is 0 Å². The Labute approximate surface area is 155 Å². The van der Waals surface area contributed by atoms with Gasteiger partial charge in [-0.1, -0.05) is 12.8 Å². The molecule has 1 atom stereocenters. The van der Waals surface area contributed by atoms with Crippen LogP contribution in [0.3, 0.4) is 0 Å². The first kappa shape index (κ1) is 17.2. The molecule has 1 aliphatic heterocycles. The third-order valence-corrected chi connectivity index (χ3v) is 6.67. The summed E-state index contributed by atoms with van der Waals surface area (Å²) in [5, 5.41) is 13.4. The second-order valence-electron chi connectivity index (χ2n) is 7.20. The Kier molecular flexibility index (Phi) is 4.52. The molecule has 2 aromatic rings. The highest BCUT2D eigenvalue weighted by molar-refractivity contribution is 7.20. The number of hydrogen-bond donors (Lipinski definition) is 2. The molecule has 1 amide bonds. The summed E-state index contributed by atoms with van der Waals surface area (Å²) >= 11 is 1.17. The SMILES string of the molecule is Cc1c(C(=O)O)sc2ncnc(NCC3CC(=O)N(C4CCCC4)C3)c12. The summed E-state index contributed by atoms with van der Waals surface area (Å²) in [5.41, 5.74) is 0.690. The number of rotatable bonds is 5. The van der Waals surface area contributed by atoms with Gasteiger partial charge in [0.05, 0.1) is 5.39 Å². The molecule has 1 unspecified atom stereocenters. The van der Waals surface area contributed by atoms with Gasteiger partial charge in [-0.05, 0) is 25.3 Å². The predicted octanol–water partition coefficient (Wildman–Crippen LogP) is 2.90. The van der Waals surface area contributed by atoms with E-state index in [1.165, 1.54) is 30.5 Å². The van der Waals surface area contributed by atoms with Gasteiger partial charge < -0.3 is 15.3 Å². The molecule has 1 saturated carbocycles. The molecule has 2 fully saturated rings. The number of anilines is 1. The molecule has 0 bridgehead atoms. The minimum atomic E-state index is -0.940. The van der Waals surface area contributed by atoms with Crippen molar-refractivity contribution in [2.75, 3.05) is 18.4 Å². The average molecular weight is 374 g/mol. The number of carbonyl (C=O) groups excluding carboxylic acids is 1. The number of nitrogens with zero attached hydrogens (tertiary/aromatic N) is 3. The number of amides is 1. The van der Waals surface area contributed by atoms with E-state index in [0.717, 1.165) is 24.8 Å². The lowest BCUT2D eigenvalue weighted by atomic mass is 10.1. The normalized spacial score (nSPS) is 21.0. The van der Waals surface area contributed by atoms with Gasteiger partial charge in [0.1, 0.15) is 21.9 Å². The number of carboxylic acid groups (broad SMARTS) is 1. The summed E-state index contributed by atoms with van der Waals surface area (Å²) in [6.07, 6.45) is 6.73. The van der Waals surface area contributed by atoms with E-state index in [2.05, 4.69) is 20.2 Å². The third-order valence-electron chi connectivity index (χ3n) is 5.48. The van der Waals surface area contributed by atoms with Crippen LogP contribution >= 0.6 is 11.3 Å². The Hall–Kier alpha value is -2.22. The maximum Gasteiger partial charge on any atom is 0.346 e. The van der Waals surface area contributed by atoms with Gasteiger partial charge in [-0.3, -0.25) is 4.79 Å². The van der Waals surface area contributed by atoms with Gasteiger partial charge in [0.25, 0.3) is 0 Å². The monoisotopic (exact) mass is 374 g/mol. The zero-order chi connectivity index (χ0) is 18.3. The number of fused-ring (bicyclic) bond motifs is 1. The van der Waals surface area contributed by atoms with Crippen LogP contribution in [0.25, 0.3) is 10.2 Å². The van der Waals surface area contributed by atoms with E-state index in [9.17, 15) is 14.7 Å². The molecular weight excluding hydrogens is 352 g/mol. The van der Waals surface area contributed by atoms with Crippen molar-refractivity contribution in [3.05, 3.63) is 16.8 Å². The van der Waals surface area contributed by atoms with Crippen molar-refractivity contribution < 1.29 is 14.7 Å². The van der Waals surface area contributed by atoms with Crippen molar-refractivity contribution in [3.63, 3.8) is 0 Å². The number of aromatic nitrogens is 2. The van der Waals surface area contributed by atoms with E-state index in [1.54, 1.807) is 6.92 Å². The van der Waals surface area contributed by atoms with Crippen molar-refractivity contribution in [1.82, 2.24) is 14.9 Å². The Morgan fingerprint density at radius 2 is 2.15 bits per heavy atom. The number of aromatic carboxylic acids is 1. The van der Waals surface area contributed by atoms with Gasteiger partial charge in [0, 0.05) is 31.5 Å². The lowest BCUT2D eigenvalue weighted by molar-refractivity contribution is -0.129. The number of thiophene rings is 1. The van der Waals surface area contributed by atoms with E-state index in [-0.39, 0.29) is 11.8 Å². The quantitative estimate of drug-likeness (QED) is 0.835. The van der Waals surface area contributed by atoms with Crippen LogP contribution in [0.1, 0.15) is 47.3 Å². The number of hydrogen-bond acceptors (Lipinski definition) is 6. The summed E-state index contributed by atoms with van der Waals surface area (Å²) in [7, 11) is 0. The van der Waals surface area contributed by atoms with Crippen LogP contribution in [-0.4, -0.2) is 51.0 Å². The lowest BCUT2D eigenvalue weighted by Crippen LogP contribution is -2.34. The molecule has 1 saturated heterocycles. The number of nitrogens with one attached hydrogen (secondary N) is 1. The van der Waals surface area contributed by atoms with E-state index in [1.807, 2.05) is 0 Å². The molecule has 138 valence electrons. The maximum atomic E-state index is 12.3. The van der Waals surface area contributed by atoms with Gasteiger partial charge in [0.2, 0.25) is 5.91 Å². The van der Waals surface area contributed by atoms with Crippen molar-refractivity contribution in [2.45, 2.75) is 45.1 Å². The standard InChI is InChI=1S/C18H22N4O3S/c1-10-14-16(20-9-21-17(14)26-15(10)18(24)25)19-7-11-6-13(23)22(8-11)12-4-2-3-5-12/h9,11-12H,2-8H2,1H3,(H,24,25)(H,19,20,21). The highest BCUT2D eigenvalue weighted by Gasteiger charge is 2.35. The zero-order valence-corrected chi connectivity index (χ0v) is 15.5. The fraction of sp³-hybridized carbons (Fsp3) is 0.556. The van der Waals surface area contributed by atoms with Gasteiger partial charge in [0.15, 0.2) is 0 Å². The maximum absolute atomic E-state index is 12.3. The topological polar surface area (TPSA) is 95.4 Å². The Balaban J connectivity index is 1.48. The lowest BCUT2D eigenvalue weighted by Gasteiger charge is -2.24. The van der Waals surface area contributed by atoms with Crippen molar-refractivity contribution in [1.29, 1.82) is 0 Å². The average Bonchev–Trinajstić information content (AvgIpc) is 3.32. The second-order valence-corrected chi connectivity index (χ2v) is 8.20. The van der Waals surface area contributed by atoms with Crippen LogP contribution in [0, 0.1) is 12.8 Å². The molecule has 4 rings (SSSR count). The molecule has 7 nitrogen and oxygen atoms in total. The van der Waals surface area contributed by atoms with Crippen LogP contribution in [-0.2, 0) is 4.79 Å². The first-order valence-corrected chi connectivity index (χ1v) is 9.87. The molecule has 2 aliphatic rings. The largest absolute Gasteiger partial charge is 0.477 e. The molecule has 1 aliphatic carbocycles. The fourth-order valence-corrected chi connectivity index (χ4v) is 5.15. The predicted molar refractivity (Wildman–Crippen MR) is 99.7 cm³/mol. The highest BCUT2D eigenvalue weighted by atomic mass is 32.1. The molecule has 3 heterocycles. The van der Waals surface area contributed by atoms with E-state index in [0.29, 0.717) is 40.1 Å². The van der Waals surface area contributed by atoms with Crippen molar-refractivity contribution in [3.8, 4) is 0 Å². The minimum Gasteiger partial charge on any atom is -0.477 e. The van der Waals surface area contributed by atoms with Gasteiger partial charge in [-0.15, -0.1) is 11.3 Å². The van der Waals surface area contributed by atoms with Crippen molar-refractivity contribution >= 4 is 39.2 Å². The molecule has 26 heavy (non-hydrogen) atoms. The zero-order valence-electron chi connectivity index (χ0n) is 14.7. The molecule has 0 spiro atoms. The van der Waals surface area contributed by atoms with E-state index in [4.69, 9.17) is 0 Å². The van der Waals surface area contributed by atoms with Crippen LogP contribution in [0.4, 0.5) is 5.82 Å². The second kappa shape index (κ2) is 6.83.